The molecule has 2 aromatic rings. The topological polar surface area (TPSA) is 61.3 Å². The summed E-state index contributed by atoms with van der Waals surface area (Å²) < 4.78 is 0. The first-order valence-electron chi connectivity index (χ1n) is 8.67. The second-order valence-electron chi connectivity index (χ2n) is 7.39. The lowest BCUT2D eigenvalue weighted by molar-refractivity contribution is 0.0785. The molecular formula is C19H24N4O. The fraction of sp³-hybridized carbons (Fsp3) is 0.474. The normalized spacial score (nSPS) is 17.5. The fourth-order valence-electron chi connectivity index (χ4n) is 3.16. The summed E-state index contributed by atoms with van der Waals surface area (Å²) in [6.45, 7) is 5.45. The molecule has 24 heavy (non-hydrogen) atoms. The van der Waals surface area contributed by atoms with Gasteiger partial charge in [0.25, 0.3) is 0 Å². The first-order valence-corrected chi connectivity index (χ1v) is 8.67. The molecular weight excluding hydrogens is 300 g/mol. The highest BCUT2D eigenvalue weighted by Crippen LogP contribution is 2.29. The molecule has 1 fully saturated rings. The number of benzene rings is 1. The maximum absolute atomic E-state index is 10.2. The van der Waals surface area contributed by atoms with Crippen LogP contribution in [0.25, 0.3) is 0 Å². The van der Waals surface area contributed by atoms with Crippen LogP contribution in [0.4, 0.5) is 11.6 Å². The van der Waals surface area contributed by atoms with Gasteiger partial charge in [-0.05, 0) is 49.8 Å². The third-order valence-electron chi connectivity index (χ3n) is 4.83. The zero-order valence-electron chi connectivity index (χ0n) is 14.3. The highest BCUT2D eigenvalue weighted by atomic mass is 16.3. The predicted molar refractivity (Wildman–Crippen MR) is 95.1 cm³/mol. The lowest BCUT2D eigenvalue weighted by atomic mass is 9.91. The summed E-state index contributed by atoms with van der Waals surface area (Å²) >= 11 is 0. The van der Waals surface area contributed by atoms with Gasteiger partial charge >= 0.3 is 0 Å². The van der Waals surface area contributed by atoms with E-state index < -0.39 is 5.60 Å². The van der Waals surface area contributed by atoms with Gasteiger partial charge in [-0.25, -0.2) is 9.97 Å². The molecule has 1 aromatic carbocycles. The van der Waals surface area contributed by atoms with Crippen molar-refractivity contribution in [2.75, 3.05) is 16.8 Å². The van der Waals surface area contributed by atoms with Crippen molar-refractivity contribution in [3.63, 3.8) is 0 Å². The van der Waals surface area contributed by atoms with Crippen molar-refractivity contribution in [3.8, 4) is 0 Å². The minimum absolute atomic E-state index is 0.593. The summed E-state index contributed by atoms with van der Waals surface area (Å²) in [5.74, 6) is 1.90. The lowest BCUT2D eigenvalue weighted by Crippen LogP contribution is -2.31. The quantitative estimate of drug-likeness (QED) is 0.905. The van der Waals surface area contributed by atoms with Crippen LogP contribution in [0, 0.1) is 0 Å². The molecule has 1 aliphatic carbocycles. The third-order valence-corrected chi connectivity index (χ3v) is 4.83. The van der Waals surface area contributed by atoms with Gasteiger partial charge in [0.15, 0.2) is 0 Å². The third kappa shape index (κ3) is 3.22. The van der Waals surface area contributed by atoms with E-state index >= 15 is 0 Å². The zero-order valence-corrected chi connectivity index (χ0v) is 14.3. The molecule has 0 radical (unpaired) electrons. The van der Waals surface area contributed by atoms with Crippen LogP contribution >= 0.6 is 0 Å². The molecule has 1 saturated carbocycles. The van der Waals surface area contributed by atoms with E-state index in [2.05, 4.69) is 38.4 Å². The van der Waals surface area contributed by atoms with E-state index in [9.17, 15) is 5.11 Å². The van der Waals surface area contributed by atoms with Gasteiger partial charge in [0, 0.05) is 25.2 Å². The Morgan fingerprint density at radius 1 is 1.17 bits per heavy atom. The molecule has 5 heteroatoms. The van der Waals surface area contributed by atoms with Crippen molar-refractivity contribution in [2.24, 2.45) is 0 Å². The van der Waals surface area contributed by atoms with Gasteiger partial charge in [0.05, 0.1) is 5.60 Å². The van der Waals surface area contributed by atoms with E-state index in [0.717, 1.165) is 36.7 Å². The lowest BCUT2D eigenvalue weighted by Gasteiger charge is -2.31. The van der Waals surface area contributed by atoms with E-state index in [1.54, 1.807) is 6.33 Å². The Hall–Kier alpha value is -2.14. The van der Waals surface area contributed by atoms with Crippen LogP contribution in [0.5, 0.6) is 0 Å². The van der Waals surface area contributed by atoms with Crippen LogP contribution in [0.15, 0.2) is 30.6 Å². The average Bonchev–Trinajstić information content (AvgIpc) is 3.37. The molecule has 2 heterocycles. The Kier molecular flexibility index (Phi) is 3.68. The van der Waals surface area contributed by atoms with Crippen LogP contribution in [0.2, 0.25) is 0 Å². The minimum atomic E-state index is -0.789. The number of rotatable bonds is 4. The first-order chi connectivity index (χ1) is 11.5. The number of nitrogens with one attached hydrogen (secondary N) is 1. The summed E-state index contributed by atoms with van der Waals surface area (Å²) in [5.41, 5.74) is 2.83. The average molecular weight is 324 g/mol. The van der Waals surface area contributed by atoms with Gasteiger partial charge < -0.3 is 15.3 Å². The summed E-state index contributed by atoms with van der Waals surface area (Å²) in [6.07, 6.45) is 5.08. The van der Waals surface area contributed by atoms with Crippen molar-refractivity contribution in [2.45, 2.75) is 51.3 Å². The number of aliphatic hydroxyl groups is 1. The Morgan fingerprint density at radius 3 is 2.75 bits per heavy atom. The molecule has 0 spiro atoms. The summed E-state index contributed by atoms with van der Waals surface area (Å²) in [4.78, 5) is 11.1. The van der Waals surface area contributed by atoms with E-state index in [-0.39, 0.29) is 0 Å². The molecule has 0 amide bonds. The largest absolute Gasteiger partial charge is 0.386 e. The van der Waals surface area contributed by atoms with Crippen LogP contribution in [0.1, 0.15) is 43.4 Å². The Labute approximate surface area is 142 Å². The van der Waals surface area contributed by atoms with Gasteiger partial charge in [0.2, 0.25) is 0 Å². The van der Waals surface area contributed by atoms with Crippen LogP contribution in [-0.2, 0) is 18.6 Å². The van der Waals surface area contributed by atoms with Gasteiger partial charge in [-0.3, -0.25) is 0 Å². The van der Waals surface area contributed by atoms with Crippen LogP contribution in [-0.4, -0.2) is 27.7 Å². The molecule has 5 nitrogen and oxygen atoms in total. The van der Waals surface area contributed by atoms with Crippen molar-refractivity contribution in [3.05, 3.63) is 47.3 Å². The summed E-state index contributed by atoms with van der Waals surface area (Å²) in [6, 6.07) is 8.96. The van der Waals surface area contributed by atoms with Gasteiger partial charge in [0.1, 0.15) is 18.0 Å². The van der Waals surface area contributed by atoms with Crippen molar-refractivity contribution in [1.82, 2.24) is 9.97 Å². The second-order valence-corrected chi connectivity index (χ2v) is 7.39. The monoisotopic (exact) mass is 324 g/mol. The molecule has 2 aliphatic rings. The summed E-state index contributed by atoms with van der Waals surface area (Å²) in [7, 11) is 0. The predicted octanol–water partition coefficient (Wildman–Crippen LogP) is 2.84. The van der Waals surface area contributed by atoms with E-state index in [1.165, 1.54) is 24.0 Å². The smallest absolute Gasteiger partial charge is 0.134 e. The number of nitrogens with zero attached hydrogens (tertiary/aromatic N) is 3. The summed E-state index contributed by atoms with van der Waals surface area (Å²) in [5, 5.41) is 13.6. The second kappa shape index (κ2) is 5.74. The number of hydrogen-bond acceptors (Lipinski definition) is 5. The standard InChI is InChI=1S/C19H24N4O/c1-19(2,24)15-4-3-14-11-23(8-7-13(14)9-15)18-10-17(20-12-21-18)22-16-5-6-16/h3-4,9-10,12,16,24H,5-8,11H2,1-2H3,(H,20,21,22). The maximum atomic E-state index is 10.2. The van der Waals surface area contributed by atoms with E-state index in [1.807, 2.05) is 19.9 Å². The molecule has 4 rings (SSSR count). The Bertz CT molecular complexity index is 749. The SMILES string of the molecule is CC(C)(O)c1ccc2c(c1)CCN(c1cc(NC3CC3)ncn1)C2. The molecule has 0 atom stereocenters. The van der Waals surface area contributed by atoms with Crippen molar-refractivity contribution < 1.29 is 5.11 Å². The highest BCUT2D eigenvalue weighted by Gasteiger charge is 2.24. The Morgan fingerprint density at radius 2 is 2.00 bits per heavy atom. The number of aromatic nitrogens is 2. The number of anilines is 2. The molecule has 0 unspecified atom stereocenters. The van der Waals surface area contributed by atoms with E-state index in [0.29, 0.717) is 6.04 Å². The zero-order chi connectivity index (χ0) is 16.7. The van der Waals surface area contributed by atoms with Crippen LogP contribution in [0.3, 0.4) is 0 Å². The maximum Gasteiger partial charge on any atom is 0.134 e. The Balaban J connectivity index is 1.53. The van der Waals surface area contributed by atoms with Gasteiger partial charge in [-0.15, -0.1) is 0 Å². The molecule has 0 saturated heterocycles. The van der Waals surface area contributed by atoms with Gasteiger partial charge in [-0.2, -0.15) is 0 Å². The fourth-order valence-corrected chi connectivity index (χ4v) is 3.16. The molecule has 1 aliphatic heterocycles. The highest BCUT2D eigenvalue weighted by molar-refractivity contribution is 5.51. The molecule has 0 bridgehead atoms. The molecule has 1 aromatic heterocycles. The first kappa shape index (κ1) is 15.4. The molecule has 126 valence electrons. The molecule has 2 N–H and O–H groups in total. The van der Waals surface area contributed by atoms with Crippen LogP contribution < -0.4 is 10.2 Å². The number of hydrogen-bond donors (Lipinski definition) is 2. The van der Waals surface area contributed by atoms with E-state index in [4.69, 9.17) is 0 Å². The van der Waals surface area contributed by atoms with Crippen molar-refractivity contribution in [1.29, 1.82) is 0 Å². The van der Waals surface area contributed by atoms with Gasteiger partial charge in [-0.1, -0.05) is 18.2 Å². The number of fused-ring (bicyclic) bond motifs is 1. The minimum Gasteiger partial charge on any atom is -0.386 e. The van der Waals surface area contributed by atoms with Crippen molar-refractivity contribution >= 4 is 11.6 Å².